The second kappa shape index (κ2) is 9.41. The summed E-state index contributed by atoms with van der Waals surface area (Å²) in [6.45, 7) is 2.27. The van der Waals surface area contributed by atoms with Crippen LogP contribution in [0.3, 0.4) is 0 Å². The first-order chi connectivity index (χ1) is 15.7. The molecule has 1 saturated heterocycles. The summed E-state index contributed by atoms with van der Waals surface area (Å²) in [7, 11) is 3.91. The number of hydrogen-bond acceptors (Lipinski definition) is 5. The van der Waals surface area contributed by atoms with E-state index in [0.717, 1.165) is 42.2 Å². The molecule has 1 unspecified atom stereocenters. The normalized spacial score (nSPS) is 16.3. The van der Waals surface area contributed by atoms with Gasteiger partial charge < -0.3 is 15.0 Å². The van der Waals surface area contributed by atoms with Crippen LogP contribution in [0.2, 0.25) is 0 Å². The van der Waals surface area contributed by atoms with Gasteiger partial charge in [-0.15, -0.1) is 11.3 Å². The van der Waals surface area contributed by atoms with E-state index in [9.17, 15) is 0 Å². The number of ether oxygens (including phenoxy) is 1. The van der Waals surface area contributed by atoms with Crippen molar-refractivity contribution < 1.29 is 4.74 Å². The molecule has 0 bridgehead atoms. The van der Waals surface area contributed by atoms with E-state index in [0.29, 0.717) is 6.04 Å². The zero-order valence-electron chi connectivity index (χ0n) is 18.6. The maximum Gasteiger partial charge on any atom is 0.118 e. The third-order valence-electron chi connectivity index (χ3n) is 6.32. The number of nitrogens with zero attached hydrogens (tertiary/aromatic N) is 2. The van der Waals surface area contributed by atoms with Gasteiger partial charge in [-0.1, -0.05) is 42.5 Å². The number of methoxy groups -OCH3 is 1. The summed E-state index contributed by atoms with van der Waals surface area (Å²) in [5.41, 5.74) is 4.74. The van der Waals surface area contributed by atoms with Crippen molar-refractivity contribution in [1.29, 1.82) is 0 Å². The average Bonchev–Trinajstić information content (AvgIpc) is 3.28. The first-order valence-corrected chi connectivity index (χ1v) is 12.1. The highest BCUT2D eigenvalue weighted by atomic mass is 32.1. The van der Waals surface area contributed by atoms with E-state index in [-0.39, 0.29) is 6.04 Å². The predicted molar refractivity (Wildman–Crippen MR) is 134 cm³/mol. The highest BCUT2D eigenvalue weighted by Gasteiger charge is 2.25. The van der Waals surface area contributed by atoms with Crippen LogP contribution in [0.1, 0.15) is 29.5 Å². The number of fused-ring (bicyclic) bond motifs is 1. The molecule has 1 N–H and O–H groups in total. The maximum absolute atomic E-state index is 5.33. The van der Waals surface area contributed by atoms with Gasteiger partial charge in [0.25, 0.3) is 0 Å². The van der Waals surface area contributed by atoms with E-state index in [1.165, 1.54) is 21.4 Å². The molecule has 4 aromatic rings. The SMILES string of the molecule is COc1ccc(-c2cccc(C(NC3CCN(C)CC3)c3nc4ccccc4s3)c2)cc1. The Morgan fingerprint density at radius 1 is 0.969 bits per heavy atom. The van der Waals surface area contributed by atoms with Crippen LogP contribution in [0.25, 0.3) is 21.3 Å². The Kier molecular flexibility index (Phi) is 6.21. The molecule has 1 atom stereocenters. The molecule has 1 aromatic heterocycles. The summed E-state index contributed by atoms with van der Waals surface area (Å²) in [5.74, 6) is 0.876. The summed E-state index contributed by atoms with van der Waals surface area (Å²) in [6, 6.07) is 26.1. The Hall–Kier alpha value is -2.73. The summed E-state index contributed by atoms with van der Waals surface area (Å²) in [4.78, 5) is 7.44. The number of aromatic nitrogens is 1. The molecule has 0 saturated carbocycles. The van der Waals surface area contributed by atoms with Crippen molar-refractivity contribution >= 4 is 21.6 Å². The molecule has 5 heteroatoms. The zero-order chi connectivity index (χ0) is 21.9. The van der Waals surface area contributed by atoms with Crippen LogP contribution in [0.15, 0.2) is 72.8 Å². The first-order valence-electron chi connectivity index (χ1n) is 11.2. The van der Waals surface area contributed by atoms with Gasteiger partial charge in [0, 0.05) is 6.04 Å². The van der Waals surface area contributed by atoms with Crippen molar-refractivity contribution in [2.24, 2.45) is 0 Å². The number of rotatable bonds is 6. The summed E-state index contributed by atoms with van der Waals surface area (Å²) in [5, 5.41) is 5.10. The van der Waals surface area contributed by atoms with Crippen molar-refractivity contribution in [1.82, 2.24) is 15.2 Å². The van der Waals surface area contributed by atoms with Gasteiger partial charge in [-0.2, -0.15) is 0 Å². The Bertz CT molecular complexity index is 1150. The van der Waals surface area contributed by atoms with Gasteiger partial charge in [-0.05, 0) is 80.0 Å². The first kappa shape index (κ1) is 21.1. The lowest BCUT2D eigenvalue weighted by Gasteiger charge is -2.32. The molecule has 3 aromatic carbocycles. The fourth-order valence-electron chi connectivity index (χ4n) is 4.42. The zero-order valence-corrected chi connectivity index (χ0v) is 19.4. The second-order valence-electron chi connectivity index (χ2n) is 8.55. The molecule has 0 spiro atoms. The number of hydrogen-bond donors (Lipinski definition) is 1. The van der Waals surface area contributed by atoms with Crippen LogP contribution in [0.5, 0.6) is 5.75 Å². The third-order valence-corrected chi connectivity index (χ3v) is 7.42. The van der Waals surface area contributed by atoms with Crippen molar-refractivity contribution in [2.45, 2.75) is 24.9 Å². The highest BCUT2D eigenvalue weighted by molar-refractivity contribution is 7.18. The van der Waals surface area contributed by atoms with E-state index < -0.39 is 0 Å². The number of likely N-dealkylation sites (tertiary alicyclic amines) is 1. The van der Waals surface area contributed by atoms with Gasteiger partial charge in [0.1, 0.15) is 10.8 Å². The molecule has 0 aliphatic carbocycles. The highest BCUT2D eigenvalue weighted by Crippen LogP contribution is 2.33. The standard InChI is InChI=1S/C27H29N3OS/c1-30-16-14-22(15-17-30)28-26(27-29-24-8-3-4-9-25(24)32-27)21-7-5-6-20(18-21)19-10-12-23(31-2)13-11-19/h3-13,18,22,26,28H,14-17H2,1-2H3. The second-order valence-corrected chi connectivity index (χ2v) is 9.61. The van der Waals surface area contributed by atoms with Crippen LogP contribution in [-0.2, 0) is 0 Å². The number of nitrogens with one attached hydrogen (secondary N) is 1. The monoisotopic (exact) mass is 443 g/mol. The van der Waals surface area contributed by atoms with Crippen LogP contribution < -0.4 is 10.1 Å². The molecular weight excluding hydrogens is 414 g/mol. The van der Waals surface area contributed by atoms with E-state index >= 15 is 0 Å². The van der Waals surface area contributed by atoms with Crippen LogP contribution in [0.4, 0.5) is 0 Å². The molecule has 2 heterocycles. The summed E-state index contributed by atoms with van der Waals surface area (Å²) >= 11 is 1.80. The molecule has 0 radical (unpaired) electrons. The van der Waals surface area contributed by atoms with Gasteiger partial charge >= 0.3 is 0 Å². The molecule has 32 heavy (non-hydrogen) atoms. The number of piperidine rings is 1. The molecule has 5 rings (SSSR count). The number of benzene rings is 3. The molecule has 1 fully saturated rings. The minimum Gasteiger partial charge on any atom is -0.497 e. The number of thiazole rings is 1. The van der Waals surface area contributed by atoms with Crippen LogP contribution in [-0.4, -0.2) is 43.2 Å². The third kappa shape index (κ3) is 4.56. The Balaban J connectivity index is 1.50. The fraction of sp³-hybridized carbons (Fsp3) is 0.296. The van der Waals surface area contributed by atoms with E-state index in [1.54, 1.807) is 18.4 Å². The lowest BCUT2D eigenvalue weighted by molar-refractivity contribution is 0.229. The van der Waals surface area contributed by atoms with Gasteiger partial charge in [0.05, 0.1) is 23.4 Å². The lowest BCUT2D eigenvalue weighted by atomic mass is 9.97. The largest absolute Gasteiger partial charge is 0.497 e. The number of para-hydroxylation sites is 1. The van der Waals surface area contributed by atoms with Crippen molar-refractivity contribution in [3.8, 4) is 16.9 Å². The Morgan fingerprint density at radius 2 is 1.75 bits per heavy atom. The molecule has 164 valence electrons. The van der Waals surface area contributed by atoms with Crippen molar-refractivity contribution in [3.63, 3.8) is 0 Å². The molecule has 1 aliphatic heterocycles. The van der Waals surface area contributed by atoms with Crippen molar-refractivity contribution in [3.05, 3.63) is 83.4 Å². The fourth-order valence-corrected chi connectivity index (χ4v) is 5.47. The van der Waals surface area contributed by atoms with Crippen LogP contribution in [0, 0.1) is 0 Å². The quantitative estimate of drug-likeness (QED) is 0.412. The average molecular weight is 444 g/mol. The minimum atomic E-state index is 0.0824. The maximum atomic E-state index is 5.33. The lowest BCUT2D eigenvalue weighted by Crippen LogP contribution is -2.42. The van der Waals surface area contributed by atoms with Crippen LogP contribution >= 0.6 is 11.3 Å². The smallest absolute Gasteiger partial charge is 0.118 e. The van der Waals surface area contributed by atoms with E-state index in [4.69, 9.17) is 9.72 Å². The van der Waals surface area contributed by atoms with Gasteiger partial charge in [0.15, 0.2) is 0 Å². The summed E-state index contributed by atoms with van der Waals surface area (Å²) < 4.78 is 6.57. The molecule has 4 nitrogen and oxygen atoms in total. The topological polar surface area (TPSA) is 37.4 Å². The minimum absolute atomic E-state index is 0.0824. The molecule has 1 aliphatic rings. The van der Waals surface area contributed by atoms with Gasteiger partial charge in [-0.25, -0.2) is 4.98 Å². The van der Waals surface area contributed by atoms with E-state index in [2.05, 4.69) is 77.9 Å². The van der Waals surface area contributed by atoms with Gasteiger partial charge in [-0.3, -0.25) is 0 Å². The van der Waals surface area contributed by atoms with Gasteiger partial charge in [0.2, 0.25) is 0 Å². The Labute approximate surface area is 193 Å². The van der Waals surface area contributed by atoms with Crippen molar-refractivity contribution in [2.75, 3.05) is 27.2 Å². The molecule has 0 amide bonds. The summed E-state index contributed by atoms with van der Waals surface area (Å²) in [6.07, 6.45) is 2.33. The van der Waals surface area contributed by atoms with E-state index in [1.807, 2.05) is 12.1 Å². The molecular formula is C27H29N3OS. The predicted octanol–water partition coefficient (Wildman–Crippen LogP) is 5.75. The Morgan fingerprint density at radius 3 is 2.50 bits per heavy atom.